The topological polar surface area (TPSA) is 52.6 Å². The molecule has 0 aliphatic rings. The number of halogens is 3. The van der Waals surface area contributed by atoms with Crippen molar-refractivity contribution in [2.24, 2.45) is 0 Å². The Kier molecular flexibility index (Phi) is 6.91. The number of hydrogen-bond donors (Lipinski definition) is 0. The van der Waals surface area contributed by atoms with Crippen molar-refractivity contribution in [2.75, 3.05) is 6.61 Å². The van der Waals surface area contributed by atoms with Gasteiger partial charge in [0.25, 0.3) is 0 Å². The molecule has 108 valence electrons. The third-order valence-corrected chi connectivity index (χ3v) is 3.82. The highest BCUT2D eigenvalue weighted by Crippen LogP contribution is 2.28. The number of rotatable bonds is 5. The summed E-state index contributed by atoms with van der Waals surface area (Å²) in [5.41, 5.74) is 0.272. The summed E-state index contributed by atoms with van der Waals surface area (Å²) in [5, 5.41) is 0. The van der Waals surface area contributed by atoms with Gasteiger partial charge in [-0.2, -0.15) is 0 Å². The first kappa shape index (κ1) is 17.4. The van der Waals surface area contributed by atoms with Gasteiger partial charge in [-0.1, -0.05) is 38.4 Å². The molecular formula is C13H11Br3O4. The fourth-order valence-electron chi connectivity index (χ4n) is 1.07. The van der Waals surface area contributed by atoms with Gasteiger partial charge in [-0.15, -0.1) is 0 Å². The van der Waals surface area contributed by atoms with Gasteiger partial charge in [-0.3, -0.25) is 4.79 Å². The lowest BCUT2D eigenvalue weighted by atomic mass is 10.3. The van der Waals surface area contributed by atoms with Gasteiger partial charge < -0.3 is 9.47 Å². The number of carbonyl (C=O) groups is 2. The quantitative estimate of drug-likeness (QED) is 0.282. The van der Waals surface area contributed by atoms with Crippen LogP contribution in [0.3, 0.4) is 0 Å². The molecule has 0 aliphatic carbocycles. The molecule has 0 fully saturated rings. The SMILES string of the molecule is C=C(C)C(=O)OCC(Br)C(=O)Oc1ccc(Br)cc1Br. The van der Waals surface area contributed by atoms with Crippen LogP contribution in [0.4, 0.5) is 0 Å². The summed E-state index contributed by atoms with van der Waals surface area (Å²) in [7, 11) is 0. The van der Waals surface area contributed by atoms with Crippen LogP contribution in [0.15, 0.2) is 39.3 Å². The molecule has 0 aromatic heterocycles. The Bertz CT molecular complexity index is 542. The molecule has 0 amide bonds. The van der Waals surface area contributed by atoms with E-state index in [9.17, 15) is 9.59 Å². The van der Waals surface area contributed by atoms with Crippen molar-refractivity contribution in [3.8, 4) is 5.75 Å². The molecular weight excluding hydrogens is 460 g/mol. The maximum absolute atomic E-state index is 11.8. The minimum atomic E-state index is -0.749. The van der Waals surface area contributed by atoms with Crippen LogP contribution in [0.5, 0.6) is 5.75 Å². The normalized spacial score (nSPS) is 11.6. The number of hydrogen-bond acceptors (Lipinski definition) is 4. The van der Waals surface area contributed by atoms with Gasteiger partial charge in [0.15, 0.2) is 0 Å². The summed E-state index contributed by atoms with van der Waals surface area (Å²) in [6.45, 7) is 4.85. The van der Waals surface area contributed by atoms with Gasteiger partial charge in [0.1, 0.15) is 17.2 Å². The smallest absolute Gasteiger partial charge is 0.333 e. The van der Waals surface area contributed by atoms with E-state index in [1.54, 1.807) is 18.2 Å². The number of esters is 2. The van der Waals surface area contributed by atoms with Crippen LogP contribution in [-0.4, -0.2) is 23.4 Å². The molecule has 0 saturated heterocycles. The van der Waals surface area contributed by atoms with Gasteiger partial charge >= 0.3 is 11.9 Å². The van der Waals surface area contributed by atoms with Crippen molar-refractivity contribution in [2.45, 2.75) is 11.8 Å². The Morgan fingerprint density at radius 1 is 1.35 bits per heavy atom. The van der Waals surface area contributed by atoms with Crippen molar-refractivity contribution in [3.63, 3.8) is 0 Å². The van der Waals surface area contributed by atoms with Crippen LogP contribution in [0.2, 0.25) is 0 Å². The largest absolute Gasteiger partial charge is 0.461 e. The molecule has 20 heavy (non-hydrogen) atoms. The Balaban J connectivity index is 2.57. The van der Waals surface area contributed by atoms with Crippen molar-refractivity contribution >= 4 is 59.7 Å². The molecule has 0 N–H and O–H groups in total. The molecule has 0 radical (unpaired) electrons. The maximum Gasteiger partial charge on any atom is 0.333 e. The summed E-state index contributed by atoms with van der Waals surface area (Å²) in [5.74, 6) is -0.719. The molecule has 1 aromatic carbocycles. The fourth-order valence-corrected chi connectivity index (χ4v) is 2.42. The van der Waals surface area contributed by atoms with Crippen LogP contribution in [-0.2, 0) is 14.3 Å². The van der Waals surface area contributed by atoms with Gasteiger partial charge in [0.2, 0.25) is 0 Å². The third kappa shape index (κ3) is 5.38. The second-order valence-electron chi connectivity index (χ2n) is 3.84. The third-order valence-electron chi connectivity index (χ3n) is 2.07. The summed E-state index contributed by atoms with van der Waals surface area (Å²) < 4.78 is 11.5. The molecule has 1 aromatic rings. The second-order valence-corrected chi connectivity index (χ2v) is 6.72. The molecule has 1 rings (SSSR count). The van der Waals surface area contributed by atoms with Crippen LogP contribution >= 0.6 is 47.8 Å². The van der Waals surface area contributed by atoms with Gasteiger partial charge in [0.05, 0.1) is 4.47 Å². The molecule has 0 bridgehead atoms. The highest BCUT2D eigenvalue weighted by atomic mass is 79.9. The molecule has 0 spiro atoms. The summed E-state index contributed by atoms with van der Waals surface area (Å²) >= 11 is 9.70. The van der Waals surface area contributed by atoms with Crippen LogP contribution < -0.4 is 4.74 Å². The molecule has 1 unspecified atom stereocenters. The van der Waals surface area contributed by atoms with E-state index in [0.29, 0.717) is 10.2 Å². The number of benzene rings is 1. The Morgan fingerprint density at radius 2 is 2.00 bits per heavy atom. The van der Waals surface area contributed by atoms with Gasteiger partial charge in [-0.25, -0.2) is 4.79 Å². The zero-order valence-corrected chi connectivity index (χ0v) is 15.2. The van der Waals surface area contributed by atoms with Crippen molar-refractivity contribution in [1.82, 2.24) is 0 Å². The molecule has 1 atom stereocenters. The van der Waals surface area contributed by atoms with E-state index in [0.717, 1.165) is 4.47 Å². The van der Waals surface area contributed by atoms with E-state index in [2.05, 4.69) is 54.4 Å². The van der Waals surface area contributed by atoms with Crippen molar-refractivity contribution in [3.05, 3.63) is 39.3 Å². The van der Waals surface area contributed by atoms with E-state index < -0.39 is 16.8 Å². The zero-order valence-electron chi connectivity index (χ0n) is 10.5. The zero-order chi connectivity index (χ0) is 15.3. The van der Waals surface area contributed by atoms with Crippen molar-refractivity contribution < 1.29 is 19.1 Å². The van der Waals surface area contributed by atoms with Crippen LogP contribution in [0.1, 0.15) is 6.92 Å². The molecule has 7 heteroatoms. The summed E-state index contributed by atoms with van der Waals surface area (Å²) in [6, 6.07) is 5.15. The average Bonchev–Trinajstić information content (AvgIpc) is 2.38. The average molecular weight is 471 g/mol. The highest BCUT2D eigenvalue weighted by molar-refractivity contribution is 9.11. The van der Waals surface area contributed by atoms with E-state index in [4.69, 9.17) is 9.47 Å². The lowest BCUT2D eigenvalue weighted by molar-refractivity contribution is -0.141. The number of ether oxygens (including phenoxy) is 2. The van der Waals surface area contributed by atoms with Gasteiger partial charge in [0, 0.05) is 10.0 Å². The highest BCUT2D eigenvalue weighted by Gasteiger charge is 2.20. The Morgan fingerprint density at radius 3 is 2.55 bits per heavy atom. The number of carbonyl (C=O) groups excluding carboxylic acids is 2. The lowest BCUT2D eigenvalue weighted by Gasteiger charge is -2.11. The second kappa shape index (κ2) is 7.95. The minimum Gasteiger partial charge on any atom is -0.461 e. The maximum atomic E-state index is 11.8. The molecule has 0 aliphatic heterocycles. The van der Waals surface area contributed by atoms with Crippen molar-refractivity contribution in [1.29, 1.82) is 0 Å². The summed E-state index contributed by atoms with van der Waals surface area (Å²) in [4.78, 5) is 22.3. The van der Waals surface area contributed by atoms with Crippen LogP contribution in [0, 0.1) is 0 Å². The van der Waals surface area contributed by atoms with E-state index >= 15 is 0 Å². The minimum absolute atomic E-state index is 0.126. The van der Waals surface area contributed by atoms with Gasteiger partial charge in [-0.05, 0) is 41.1 Å². The van der Waals surface area contributed by atoms with E-state index in [-0.39, 0.29) is 12.2 Å². The predicted molar refractivity (Wildman–Crippen MR) is 86.0 cm³/mol. The van der Waals surface area contributed by atoms with E-state index in [1.165, 1.54) is 6.92 Å². The fraction of sp³-hybridized carbons (Fsp3) is 0.231. The molecule has 0 heterocycles. The first-order chi connectivity index (χ1) is 9.31. The molecule has 0 saturated carbocycles. The first-order valence-electron chi connectivity index (χ1n) is 5.44. The monoisotopic (exact) mass is 468 g/mol. The first-order valence-corrected chi connectivity index (χ1v) is 7.95. The van der Waals surface area contributed by atoms with E-state index in [1.807, 2.05) is 0 Å². The number of alkyl halides is 1. The standard InChI is InChI=1S/C13H11Br3O4/c1-7(2)12(17)19-6-10(16)13(18)20-11-4-3-8(14)5-9(11)15/h3-5,10H,1,6H2,2H3. The lowest BCUT2D eigenvalue weighted by Crippen LogP contribution is -2.26. The predicted octanol–water partition coefficient (Wildman–Crippen LogP) is 4.00. The Hall–Kier alpha value is -0.660. The Labute approximate surface area is 141 Å². The van der Waals surface area contributed by atoms with Crippen LogP contribution in [0.25, 0.3) is 0 Å². The molecule has 4 nitrogen and oxygen atoms in total. The summed E-state index contributed by atoms with van der Waals surface area (Å²) in [6.07, 6.45) is 0.